The van der Waals surface area contributed by atoms with Crippen LogP contribution in [0.3, 0.4) is 0 Å². The van der Waals surface area contributed by atoms with Gasteiger partial charge in [-0.1, -0.05) is 22.0 Å². The van der Waals surface area contributed by atoms with E-state index >= 15 is 0 Å². The van der Waals surface area contributed by atoms with Crippen LogP contribution in [0, 0.1) is 6.92 Å². The lowest BCUT2D eigenvalue weighted by Gasteiger charge is -2.06. The molecule has 2 aromatic rings. The Bertz CT molecular complexity index is 619. The van der Waals surface area contributed by atoms with Crippen molar-refractivity contribution in [1.82, 2.24) is 9.78 Å². The number of anilines is 1. The molecule has 19 heavy (non-hydrogen) atoms. The molecule has 7 heteroatoms. The maximum Gasteiger partial charge on any atom is 0.236 e. The van der Waals surface area contributed by atoms with Crippen LogP contribution >= 0.6 is 27.3 Å². The van der Waals surface area contributed by atoms with Crippen molar-refractivity contribution in [1.29, 1.82) is 0 Å². The number of aromatic nitrogens is 2. The fraction of sp³-hybridized carbons (Fsp3) is 0.250. The number of alkyl halides is 1. The molecule has 2 rings (SSSR count). The van der Waals surface area contributed by atoms with Gasteiger partial charge in [0.1, 0.15) is 5.82 Å². The SMILES string of the molecule is Cc1nn(C)c(NC(=O)CBr)c1C(=O)c1cccs1. The molecule has 0 fully saturated rings. The molecule has 0 radical (unpaired) electrons. The van der Waals surface area contributed by atoms with Gasteiger partial charge in [0.15, 0.2) is 0 Å². The molecule has 100 valence electrons. The van der Waals surface area contributed by atoms with E-state index in [2.05, 4.69) is 26.3 Å². The number of nitrogens with zero attached hydrogens (tertiary/aromatic N) is 2. The summed E-state index contributed by atoms with van der Waals surface area (Å²) < 4.78 is 1.51. The number of thiophene rings is 1. The third kappa shape index (κ3) is 2.76. The van der Waals surface area contributed by atoms with Crippen LogP contribution in [0.4, 0.5) is 5.82 Å². The molecule has 2 heterocycles. The molecule has 0 aliphatic heterocycles. The van der Waals surface area contributed by atoms with Crippen LogP contribution in [0.25, 0.3) is 0 Å². The number of carbonyl (C=O) groups is 2. The Labute approximate surface area is 122 Å². The van der Waals surface area contributed by atoms with Gasteiger partial charge < -0.3 is 5.32 Å². The van der Waals surface area contributed by atoms with Crippen molar-refractivity contribution in [3.8, 4) is 0 Å². The highest BCUT2D eigenvalue weighted by molar-refractivity contribution is 9.09. The van der Waals surface area contributed by atoms with E-state index in [4.69, 9.17) is 0 Å². The summed E-state index contributed by atoms with van der Waals surface area (Å²) in [5.41, 5.74) is 1.05. The number of halogens is 1. The smallest absolute Gasteiger partial charge is 0.236 e. The molecular weight excluding hydrogens is 330 g/mol. The van der Waals surface area contributed by atoms with E-state index in [1.807, 2.05) is 11.4 Å². The molecule has 0 aliphatic carbocycles. The summed E-state index contributed by atoms with van der Waals surface area (Å²) in [5, 5.41) is 8.90. The molecule has 0 aliphatic rings. The number of nitrogens with one attached hydrogen (secondary N) is 1. The van der Waals surface area contributed by atoms with E-state index in [1.165, 1.54) is 16.0 Å². The molecule has 0 aromatic carbocycles. The molecule has 0 atom stereocenters. The highest BCUT2D eigenvalue weighted by atomic mass is 79.9. The Morgan fingerprint density at radius 2 is 2.26 bits per heavy atom. The summed E-state index contributed by atoms with van der Waals surface area (Å²) in [5.74, 6) is 0.0917. The number of aryl methyl sites for hydroxylation is 2. The van der Waals surface area contributed by atoms with Crippen molar-refractivity contribution in [3.05, 3.63) is 33.6 Å². The van der Waals surface area contributed by atoms with Gasteiger partial charge in [0.25, 0.3) is 0 Å². The second kappa shape index (κ2) is 5.66. The molecule has 5 nitrogen and oxygen atoms in total. The molecule has 1 N–H and O–H groups in total. The van der Waals surface area contributed by atoms with Crippen LogP contribution in [-0.2, 0) is 11.8 Å². The van der Waals surface area contributed by atoms with E-state index in [9.17, 15) is 9.59 Å². The Kier molecular flexibility index (Phi) is 4.16. The average Bonchev–Trinajstić information content (AvgIpc) is 2.98. The van der Waals surface area contributed by atoms with Gasteiger partial charge >= 0.3 is 0 Å². The van der Waals surface area contributed by atoms with E-state index in [0.29, 0.717) is 22.0 Å². The van der Waals surface area contributed by atoms with Crippen LogP contribution in [0.5, 0.6) is 0 Å². The van der Waals surface area contributed by atoms with Crippen molar-refractivity contribution >= 4 is 44.8 Å². The van der Waals surface area contributed by atoms with Crippen LogP contribution < -0.4 is 5.32 Å². The minimum atomic E-state index is -0.219. The zero-order valence-corrected chi connectivity index (χ0v) is 12.8. The minimum Gasteiger partial charge on any atom is -0.310 e. The summed E-state index contributed by atoms with van der Waals surface area (Å²) >= 11 is 4.45. The summed E-state index contributed by atoms with van der Waals surface area (Å²) in [4.78, 5) is 24.6. The van der Waals surface area contributed by atoms with Gasteiger partial charge in [-0.05, 0) is 18.4 Å². The second-order valence-corrected chi connectivity index (χ2v) is 5.43. The van der Waals surface area contributed by atoms with Gasteiger partial charge in [0, 0.05) is 7.05 Å². The van der Waals surface area contributed by atoms with Crippen LogP contribution in [0.15, 0.2) is 17.5 Å². The Balaban J connectivity index is 2.44. The first kappa shape index (κ1) is 14.0. The van der Waals surface area contributed by atoms with Gasteiger partial charge in [0.05, 0.1) is 21.5 Å². The molecule has 0 saturated heterocycles. The molecule has 0 bridgehead atoms. The highest BCUT2D eigenvalue weighted by Gasteiger charge is 2.23. The van der Waals surface area contributed by atoms with Crippen molar-refractivity contribution in [2.75, 3.05) is 10.6 Å². The predicted octanol–water partition coefficient (Wildman–Crippen LogP) is 2.35. The topological polar surface area (TPSA) is 64.0 Å². The van der Waals surface area contributed by atoms with Gasteiger partial charge in [-0.25, -0.2) is 0 Å². The minimum absolute atomic E-state index is 0.120. The fourth-order valence-corrected chi connectivity index (χ4v) is 2.58. The first-order valence-electron chi connectivity index (χ1n) is 5.52. The van der Waals surface area contributed by atoms with Crippen LogP contribution in [-0.4, -0.2) is 26.8 Å². The second-order valence-electron chi connectivity index (χ2n) is 3.92. The van der Waals surface area contributed by atoms with Crippen molar-refractivity contribution < 1.29 is 9.59 Å². The number of carbonyl (C=O) groups excluding carboxylic acids is 2. The number of hydrogen-bond donors (Lipinski definition) is 1. The van der Waals surface area contributed by atoms with Crippen molar-refractivity contribution in [2.24, 2.45) is 7.05 Å². The van der Waals surface area contributed by atoms with Crippen molar-refractivity contribution in [2.45, 2.75) is 6.92 Å². The zero-order chi connectivity index (χ0) is 14.0. The standard InChI is InChI=1S/C12H12BrN3O2S/c1-7-10(11(18)8-4-3-5-19-8)12(16(2)15-7)14-9(17)6-13/h3-5H,6H2,1-2H3,(H,14,17). The fourth-order valence-electron chi connectivity index (χ4n) is 1.77. The molecular formula is C12H12BrN3O2S. The molecule has 0 saturated carbocycles. The monoisotopic (exact) mass is 341 g/mol. The number of ketones is 1. The predicted molar refractivity (Wildman–Crippen MR) is 78.1 cm³/mol. The first-order chi connectivity index (χ1) is 9.04. The van der Waals surface area contributed by atoms with Crippen LogP contribution in [0.2, 0.25) is 0 Å². The molecule has 1 amide bonds. The molecule has 0 spiro atoms. The Morgan fingerprint density at radius 1 is 1.53 bits per heavy atom. The quantitative estimate of drug-likeness (QED) is 0.685. The number of hydrogen-bond acceptors (Lipinski definition) is 4. The number of amides is 1. The van der Waals surface area contributed by atoms with Gasteiger partial charge in [-0.2, -0.15) is 5.10 Å². The van der Waals surface area contributed by atoms with Crippen LogP contribution in [0.1, 0.15) is 20.9 Å². The third-order valence-corrected chi connectivity index (χ3v) is 3.95. The largest absolute Gasteiger partial charge is 0.310 e. The van der Waals surface area contributed by atoms with Gasteiger partial charge in [-0.3, -0.25) is 14.3 Å². The zero-order valence-electron chi connectivity index (χ0n) is 10.4. The summed E-state index contributed by atoms with van der Waals surface area (Å²) in [6, 6.07) is 3.58. The summed E-state index contributed by atoms with van der Waals surface area (Å²) in [6.45, 7) is 1.75. The lowest BCUT2D eigenvalue weighted by Crippen LogP contribution is -2.17. The Morgan fingerprint density at radius 3 is 2.84 bits per heavy atom. The normalized spacial score (nSPS) is 10.5. The van der Waals surface area contributed by atoms with Gasteiger partial charge in [-0.15, -0.1) is 11.3 Å². The van der Waals surface area contributed by atoms with Gasteiger partial charge in [0.2, 0.25) is 11.7 Å². The van der Waals surface area contributed by atoms with Crippen molar-refractivity contribution in [3.63, 3.8) is 0 Å². The first-order valence-corrected chi connectivity index (χ1v) is 7.52. The lowest BCUT2D eigenvalue weighted by molar-refractivity contribution is -0.113. The van der Waals surface area contributed by atoms with E-state index in [1.54, 1.807) is 20.0 Å². The molecule has 2 aromatic heterocycles. The van der Waals surface area contributed by atoms with E-state index in [-0.39, 0.29) is 17.0 Å². The molecule has 0 unspecified atom stereocenters. The lowest BCUT2D eigenvalue weighted by atomic mass is 10.1. The summed E-state index contributed by atoms with van der Waals surface area (Å²) in [7, 11) is 1.70. The van der Waals surface area contributed by atoms with E-state index < -0.39 is 0 Å². The maximum atomic E-state index is 12.4. The average molecular weight is 342 g/mol. The summed E-state index contributed by atoms with van der Waals surface area (Å²) in [6.07, 6.45) is 0. The Hall–Kier alpha value is -1.47. The highest BCUT2D eigenvalue weighted by Crippen LogP contribution is 2.24. The third-order valence-electron chi connectivity index (χ3n) is 2.57. The van der Waals surface area contributed by atoms with E-state index in [0.717, 1.165) is 0 Å². The maximum absolute atomic E-state index is 12.4. The number of rotatable bonds is 4.